The summed E-state index contributed by atoms with van der Waals surface area (Å²) in [5, 5.41) is 4.24. The monoisotopic (exact) mass is 349 g/mol. The van der Waals surface area contributed by atoms with Crippen LogP contribution in [0, 0.1) is 0 Å². The molecule has 0 saturated carbocycles. The van der Waals surface area contributed by atoms with E-state index in [4.69, 9.17) is 4.74 Å². The van der Waals surface area contributed by atoms with Crippen LogP contribution in [0.5, 0.6) is 5.75 Å². The fraction of sp³-hybridized carbons (Fsp3) is 0.350. The van der Waals surface area contributed by atoms with Crippen molar-refractivity contribution >= 4 is 0 Å². The fourth-order valence-electron chi connectivity index (χ4n) is 3.42. The molecule has 4 rings (SSSR count). The predicted octanol–water partition coefficient (Wildman–Crippen LogP) is 2.92. The molecule has 6 nitrogen and oxygen atoms in total. The summed E-state index contributed by atoms with van der Waals surface area (Å²) < 4.78 is 7.74. The summed E-state index contributed by atoms with van der Waals surface area (Å²) in [4.78, 5) is 10.8. The third kappa shape index (κ3) is 4.26. The lowest BCUT2D eigenvalue weighted by Gasteiger charge is -2.24. The Morgan fingerprint density at radius 2 is 2.04 bits per heavy atom. The van der Waals surface area contributed by atoms with Gasteiger partial charge < -0.3 is 4.74 Å². The highest BCUT2D eigenvalue weighted by Gasteiger charge is 2.24. The minimum atomic E-state index is 0.492. The zero-order valence-corrected chi connectivity index (χ0v) is 14.7. The standard InChI is InChI=1S/C20H23N5O/c1-2-10-22-18(4-1)14-26-20-8-6-17(7-9-20)12-24-11-3-5-19(24)13-25-16-21-15-23-25/h1-2,4,6-10,15-16,19H,3,5,11-14H2. The van der Waals surface area contributed by atoms with Crippen LogP contribution in [0.4, 0.5) is 0 Å². The van der Waals surface area contributed by atoms with Crippen molar-refractivity contribution in [2.45, 2.75) is 38.6 Å². The Morgan fingerprint density at radius 3 is 2.81 bits per heavy atom. The van der Waals surface area contributed by atoms with Crippen LogP contribution in [0.25, 0.3) is 0 Å². The average molecular weight is 349 g/mol. The molecule has 0 amide bonds. The van der Waals surface area contributed by atoms with Gasteiger partial charge in [-0.05, 0) is 49.2 Å². The number of aromatic nitrogens is 4. The average Bonchev–Trinajstić information content (AvgIpc) is 3.35. The molecule has 1 aliphatic heterocycles. The third-order valence-corrected chi connectivity index (χ3v) is 4.79. The molecule has 0 aliphatic carbocycles. The van der Waals surface area contributed by atoms with E-state index in [9.17, 15) is 0 Å². The maximum Gasteiger partial charge on any atom is 0.137 e. The van der Waals surface area contributed by atoms with Gasteiger partial charge in [0.2, 0.25) is 0 Å². The lowest BCUT2D eigenvalue weighted by molar-refractivity contribution is 0.219. The zero-order chi connectivity index (χ0) is 17.6. The molecule has 3 aromatic rings. The first-order chi connectivity index (χ1) is 12.9. The Kier molecular flexibility index (Phi) is 5.21. The molecule has 1 aliphatic rings. The van der Waals surface area contributed by atoms with E-state index in [1.54, 1.807) is 18.9 Å². The highest BCUT2D eigenvalue weighted by Crippen LogP contribution is 2.22. The van der Waals surface area contributed by atoms with Gasteiger partial charge in [-0.15, -0.1) is 0 Å². The molecular formula is C20H23N5O. The second kappa shape index (κ2) is 8.10. The van der Waals surface area contributed by atoms with Crippen LogP contribution >= 0.6 is 0 Å². The smallest absolute Gasteiger partial charge is 0.137 e. The third-order valence-electron chi connectivity index (χ3n) is 4.79. The highest BCUT2D eigenvalue weighted by atomic mass is 16.5. The van der Waals surface area contributed by atoms with Crippen LogP contribution in [0.15, 0.2) is 61.3 Å². The lowest BCUT2D eigenvalue weighted by Crippen LogP contribution is -2.32. The van der Waals surface area contributed by atoms with Crippen molar-refractivity contribution in [2.75, 3.05) is 6.54 Å². The van der Waals surface area contributed by atoms with Crippen LogP contribution < -0.4 is 4.74 Å². The van der Waals surface area contributed by atoms with Crippen LogP contribution in [0.2, 0.25) is 0 Å². The first kappa shape index (κ1) is 16.7. The summed E-state index contributed by atoms with van der Waals surface area (Å²) in [6.07, 6.45) is 7.64. The van der Waals surface area contributed by atoms with E-state index in [-0.39, 0.29) is 0 Å². The lowest BCUT2D eigenvalue weighted by atomic mass is 10.1. The Labute approximate surface area is 153 Å². The number of likely N-dealkylation sites (tertiary alicyclic amines) is 1. The largest absolute Gasteiger partial charge is 0.487 e. The highest BCUT2D eigenvalue weighted by molar-refractivity contribution is 5.27. The number of hydrogen-bond donors (Lipinski definition) is 0. The van der Waals surface area contributed by atoms with Crippen LogP contribution in [-0.4, -0.2) is 37.2 Å². The molecule has 3 heterocycles. The summed E-state index contributed by atoms with van der Waals surface area (Å²) in [5.74, 6) is 0.875. The molecule has 2 aromatic heterocycles. The number of benzene rings is 1. The van der Waals surface area contributed by atoms with E-state index < -0.39 is 0 Å². The maximum atomic E-state index is 5.81. The summed E-state index contributed by atoms with van der Waals surface area (Å²) in [6, 6.07) is 14.8. The molecule has 0 spiro atoms. The molecule has 134 valence electrons. The van der Waals surface area contributed by atoms with E-state index in [0.717, 1.165) is 31.1 Å². The fourth-order valence-corrected chi connectivity index (χ4v) is 3.42. The molecule has 0 radical (unpaired) electrons. The number of hydrogen-bond acceptors (Lipinski definition) is 5. The van der Waals surface area contributed by atoms with E-state index >= 15 is 0 Å². The van der Waals surface area contributed by atoms with Gasteiger partial charge >= 0.3 is 0 Å². The van der Waals surface area contributed by atoms with Gasteiger partial charge in [0.15, 0.2) is 0 Å². The molecule has 1 aromatic carbocycles. The van der Waals surface area contributed by atoms with Gasteiger partial charge in [0.25, 0.3) is 0 Å². The van der Waals surface area contributed by atoms with E-state index in [1.165, 1.54) is 18.4 Å². The van der Waals surface area contributed by atoms with Gasteiger partial charge in [0, 0.05) is 18.8 Å². The molecule has 1 saturated heterocycles. The Balaban J connectivity index is 1.32. The van der Waals surface area contributed by atoms with Gasteiger partial charge in [-0.25, -0.2) is 4.98 Å². The summed E-state index contributed by atoms with van der Waals surface area (Å²) in [6.45, 7) is 3.49. The van der Waals surface area contributed by atoms with Gasteiger partial charge in [-0.3, -0.25) is 14.6 Å². The SMILES string of the molecule is c1ccc(COc2ccc(CN3CCCC3Cn3cncn3)cc2)nc1. The first-order valence-corrected chi connectivity index (χ1v) is 9.05. The topological polar surface area (TPSA) is 56.1 Å². The molecule has 0 bridgehead atoms. The first-order valence-electron chi connectivity index (χ1n) is 9.05. The molecule has 6 heteroatoms. The molecule has 1 unspecified atom stereocenters. The van der Waals surface area contributed by atoms with E-state index in [0.29, 0.717) is 12.6 Å². The van der Waals surface area contributed by atoms with Crippen molar-refractivity contribution in [3.63, 3.8) is 0 Å². The van der Waals surface area contributed by atoms with Crippen molar-refractivity contribution in [1.82, 2.24) is 24.6 Å². The quantitative estimate of drug-likeness (QED) is 0.656. The zero-order valence-electron chi connectivity index (χ0n) is 14.7. The van der Waals surface area contributed by atoms with Crippen molar-refractivity contribution in [3.8, 4) is 5.75 Å². The minimum absolute atomic E-state index is 0.492. The molecule has 1 atom stereocenters. The summed E-state index contributed by atoms with van der Waals surface area (Å²) >= 11 is 0. The van der Waals surface area contributed by atoms with Gasteiger partial charge in [-0.2, -0.15) is 5.10 Å². The summed E-state index contributed by atoms with van der Waals surface area (Å²) in [7, 11) is 0. The van der Waals surface area contributed by atoms with Crippen molar-refractivity contribution in [3.05, 3.63) is 72.6 Å². The Bertz CT molecular complexity index is 789. The van der Waals surface area contributed by atoms with Crippen LogP contribution in [0.3, 0.4) is 0 Å². The van der Waals surface area contributed by atoms with Crippen molar-refractivity contribution in [1.29, 1.82) is 0 Å². The number of pyridine rings is 1. The van der Waals surface area contributed by atoms with Crippen molar-refractivity contribution < 1.29 is 4.74 Å². The minimum Gasteiger partial charge on any atom is -0.487 e. The number of nitrogens with zero attached hydrogens (tertiary/aromatic N) is 5. The molecular weight excluding hydrogens is 326 g/mol. The van der Waals surface area contributed by atoms with Gasteiger partial charge in [-0.1, -0.05) is 18.2 Å². The maximum absolute atomic E-state index is 5.81. The number of ether oxygens (including phenoxy) is 1. The number of rotatable bonds is 7. The second-order valence-electron chi connectivity index (χ2n) is 6.64. The molecule has 1 fully saturated rings. The second-order valence-corrected chi connectivity index (χ2v) is 6.64. The Hall–Kier alpha value is -2.73. The summed E-state index contributed by atoms with van der Waals surface area (Å²) in [5.41, 5.74) is 2.24. The van der Waals surface area contributed by atoms with Crippen LogP contribution in [-0.2, 0) is 19.7 Å². The van der Waals surface area contributed by atoms with Gasteiger partial charge in [0.05, 0.1) is 12.2 Å². The predicted molar refractivity (Wildman–Crippen MR) is 98.5 cm³/mol. The molecule has 26 heavy (non-hydrogen) atoms. The van der Waals surface area contributed by atoms with Crippen LogP contribution in [0.1, 0.15) is 24.1 Å². The molecule has 0 N–H and O–H groups in total. The van der Waals surface area contributed by atoms with E-state index in [2.05, 4.69) is 32.1 Å². The van der Waals surface area contributed by atoms with E-state index in [1.807, 2.05) is 35.0 Å². The van der Waals surface area contributed by atoms with Crippen molar-refractivity contribution in [2.24, 2.45) is 0 Å². The normalized spacial score (nSPS) is 17.5. The van der Waals surface area contributed by atoms with Gasteiger partial charge in [0.1, 0.15) is 25.0 Å². The Morgan fingerprint density at radius 1 is 1.12 bits per heavy atom.